The van der Waals surface area contributed by atoms with Gasteiger partial charge in [-0.1, -0.05) is 29.8 Å². The molecule has 133 valence electrons. The van der Waals surface area contributed by atoms with Gasteiger partial charge < -0.3 is 15.4 Å². The molecular weight excluding hydrogens is 379 g/mol. The number of H-pyrrole nitrogens is 1. The largest absolute Gasteiger partial charge is 0.480 e. The first-order valence-corrected chi connectivity index (χ1v) is 8.22. The molecular formula is C19H15ClN2NaO4. The zero-order chi connectivity index (χ0) is 18.7. The summed E-state index contributed by atoms with van der Waals surface area (Å²) in [4.78, 5) is 38.5. The summed E-state index contributed by atoms with van der Waals surface area (Å²) in [6.45, 7) is 0. The van der Waals surface area contributed by atoms with Gasteiger partial charge in [0.05, 0.1) is 0 Å². The van der Waals surface area contributed by atoms with E-state index in [1.807, 2.05) is 0 Å². The van der Waals surface area contributed by atoms with E-state index in [9.17, 15) is 19.5 Å². The Labute approximate surface area is 181 Å². The second kappa shape index (κ2) is 9.19. The average molecular weight is 394 g/mol. The Balaban J connectivity index is 0.00000261. The van der Waals surface area contributed by atoms with E-state index in [4.69, 9.17) is 11.6 Å². The van der Waals surface area contributed by atoms with Crippen LogP contribution in [0.4, 0.5) is 0 Å². The van der Waals surface area contributed by atoms with Crippen LogP contribution in [0.5, 0.6) is 0 Å². The Morgan fingerprint density at radius 1 is 1.11 bits per heavy atom. The molecule has 1 unspecified atom stereocenters. The van der Waals surface area contributed by atoms with Gasteiger partial charge in [0, 0.05) is 63.5 Å². The maximum atomic E-state index is 12.3. The molecule has 1 radical (unpaired) electrons. The third-order valence-corrected chi connectivity index (χ3v) is 4.22. The van der Waals surface area contributed by atoms with E-state index in [2.05, 4.69) is 10.3 Å². The molecule has 1 amide bonds. The van der Waals surface area contributed by atoms with Crippen LogP contribution in [0, 0.1) is 0 Å². The molecule has 0 aliphatic heterocycles. The van der Waals surface area contributed by atoms with Crippen molar-refractivity contribution >= 4 is 63.9 Å². The van der Waals surface area contributed by atoms with Crippen LogP contribution in [-0.4, -0.2) is 57.6 Å². The monoisotopic (exact) mass is 393 g/mol. The second-order valence-electron chi connectivity index (χ2n) is 5.78. The van der Waals surface area contributed by atoms with E-state index in [1.165, 1.54) is 18.2 Å². The molecule has 27 heavy (non-hydrogen) atoms. The van der Waals surface area contributed by atoms with Crippen molar-refractivity contribution in [2.75, 3.05) is 0 Å². The molecule has 2 aromatic carbocycles. The number of carbonyl (C=O) groups excluding carboxylic acids is 1. The van der Waals surface area contributed by atoms with Crippen LogP contribution < -0.4 is 10.9 Å². The van der Waals surface area contributed by atoms with Crippen LogP contribution in [-0.2, 0) is 11.2 Å². The second-order valence-corrected chi connectivity index (χ2v) is 6.22. The van der Waals surface area contributed by atoms with Crippen molar-refractivity contribution in [2.24, 2.45) is 0 Å². The Hall–Kier alpha value is -2.12. The first kappa shape index (κ1) is 21.2. The Morgan fingerprint density at radius 2 is 1.78 bits per heavy atom. The van der Waals surface area contributed by atoms with E-state index in [1.54, 1.807) is 36.4 Å². The molecule has 1 heterocycles. The number of nitrogens with one attached hydrogen (secondary N) is 2. The summed E-state index contributed by atoms with van der Waals surface area (Å²) in [5, 5.41) is 13.2. The van der Waals surface area contributed by atoms with E-state index >= 15 is 0 Å². The molecule has 3 aromatic rings. The number of aromatic nitrogens is 1. The van der Waals surface area contributed by atoms with Gasteiger partial charge in [-0.2, -0.15) is 0 Å². The number of carboxylic acid groups (broad SMARTS) is 1. The van der Waals surface area contributed by atoms with Crippen molar-refractivity contribution in [1.82, 2.24) is 10.3 Å². The summed E-state index contributed by atoms with van der Waals surface area (Å²) < 4.78 is 0. The molecule has 0 saturated heterocycles. The minimum absolute atomic E-state index is 0. The van der Waals surface area contributed by atoms with Gasteiger partial charge in [-0.05, 0) is 35.9 Å². The summed E-state index contributed by atoms with van der Waals surface area (Å²) in [6, 6.07) is 13.4. The fraction of sp³-hybridized carbons (Fsp3) is 0.105. The summed E-state index contributed by atoms with van der Waals surface area (Å²) >= 11 is 5.79. The van der Waals surface area contributed by atoms with Gasteiger partial charge in [0.25, 0.3) is 5.91 Å². The maximum Gasteiger partial charge on any atom is 0.326 e. The van der Waals surface area contributed by atoms with Gasteiger partial charge in [0.1, 0.15) is 6.04 Å². The molecule has 6 nitrogen and oxygen atoms in total. The van der Waals surface area contributed by atoms with Crippen molar-refractivity contribution in [3.8, 4) is 0 Å². The predicted molar refractivity (Wildman–Crippen MR) is 104 cm³/mol. The topological polar surface area (TPSA) is 99.3 Å². The molecule has 0 fully saturated rings. The fourth-order valence-electron chi connectivity index (χ4n) is 2.71. The summed E-state index contributed by atoms with van der Waals surface area (Å²) in [7, 11) is 0. The minimum Gasteiger partial charge on any atom is -0.480 e. The Kier molecular flexibility index (Phi) is 7.21. The number of aliphatic carboxylic acids is 1. The predicted octanol–water partition coefficient (Wildman–Crippen LogP) is 2.23. The Morgan fingerprint density at radius 3 is 2.44 bits per heavy atom. The molecule has 0 bridgehead atoms. The van der Waals surface area contributed by atoms with Gasteiger partial charge in [0.15, 0.2) is 0 Å². The number of fused-ring (bicyclic) bond motifs is 1. The first-order chi connectivity index (χ1) is 12.4. The maximum absolute atomic E-state index is 12.3. The zero-order valence-electron chi connectivity index (χ0n) is 14.5. The molecule has 8 heteroatoms. The van der Waals surface area contributed by atoms with Crippen LogP contribution in [0.2, 0.25) is 5.02 Å². The molecule has 0 saturated carbocycles. The number of halogens is 1. The van der Waals surface area contributed by atoms with E-state index in [0.717, 1.165) is 5.39 Å². The smallest absolute Gasteiger partial charge is 0.326 e. The Bertz CT molecular complexity index is 1030. The summed E-state index contributed by atoms with van der Waals surface area (Å²) in [5.74, 6) is -1.71. The number of carbonyl (C=O) groups is 2. The quantitative estimate of drug-likeness (QED) is 0.579. The molecule has 3 N–H and O–H groups in total. The van der Waals surface area contributed by atoms with Crippen molar-refractivity contribution in [3.63, 3.8) is 0 Å². The summed E-state index contributed by atoms with van der Waals surface area (Å²) in [5.41, 5.74) is 1.14. The van der Waals surface area contributed by atoms with Crippen LogP contribution in [0.15, 0.2) is 59.4 Å². The number of benzene rings is 2. The number of hydrogen-bond acceptors (Lipinski definition) is 3. The third kappa shape index (κ3) is 5.20. The molecule has 3 rings (SSSR count). The van der Waals surface area contributed by atoms with Crippen LogP contribution in [0.3, 0.4) is 0 Å². The summed E-state index contributed by atoms with van der Waals surface area (Å²) in [6.07, 6.45) is -0.0148. The standard InChI is InChI=1S/C19H15ClN2O4.Na/c20-13-7-5-11(6-8-13)18(24)22-16(19(25)26)9-12-10-17(23)21-15-4-2-1-3-14(12)15;/h1-8,10,16H,9H2,(H,21,23)(H,22,24)(H,25,26);. The average Bonchev–Trinajstić information content (AvgIpc) is 2.61. The molecule has 1 atom stereocenters. The first-order valence-electron chi connectivity index (χ1n) is 7.84. The number of carboxylic acids is 1. The van der Waals surface area contributed by atoms with Crippen molar-refractivity contribution in [1.29, 1.82) is 0 Å². The number of aromatic amines is 1. The number of amides is 1. The van der Waals surface area contributed by atoms with Crippen molar-refractivity contribution in [3.05, 3.63) is 81.1 Å². The van der Waals surface area contributed by atoms with Crippen LogP contribution in [0.1, 0.15) is 15.9 Å². The number of pyridine rings is 1. The third-order valence-electron chi connectivity index (χ3n) is 3.97. The number of hydrogen-bond donors (Lipinski definition) is 3. The molecule has 0 spiro atoms. The minimum atomic E-state index is -1.18. The van der Waals surface area contributed by atoms with Gasteiger partial charge in [0.2, 0.25) is 5.56 Å². The molecule has 0 aliphatic rings. The van der Waals surface area contributed by atoms with E-state index in [0.29, 0.717) is 21.7 Å². The van der Waals surface area contributed by atoms with E-state index in [-0.39, 0.29) is 41.5 Å². The fourth-order valence-corrected chi connectivity index (χ4v) is 2.83. The molecule has 0 aliphatic carbocycles. The van der Waals surface area contributed by atoms with Crippen molar-refractivity contribution < 1.29 is 14.7 Å². The number of rotatable bonds is 5. The van der Waals surface area contributed by atoms with Gasteiger partial charge in [-0.3, -0.25) is 9.59 Å². The van der Waals surface area contributed by atoms with E-state index < -0.39 is 17.9 Å². The van der Waals surface area contributed by atoms with Gasteiger partial charge >= 0.3 is 5.97 Å². The zero-order valence-corrected chi connectivity index (χ0v) is 17.3. The van der Waals surface area contributed by atoms with Gasteiger partial charge in [-0.25, -0.2) is 4.79 Å². The van der Waals surface area contributed by atoms with Crippen LogP contribution in [0.25, 0.3) is 10.9 Å². The van der Waals surface area contributed by atoms with Crippen molar-refractivity contribution in [2.45, 2.75) is 12.5 Å². The SMILES string of the molecule is O=C(NC(Cc1cc(=O)[nH]c2ccccc12)C(=O)O)c1ccc(Cl)cc1.[Na]. The number of para-hydroxylation sites is 1. The van der Waals surface area contributed by atoms with Crippen LogP contribution >= 0.6 is 11.6 Å². The normalized spacial score (nSPS) is 11.4. The molecule has 1 aromatic heterocycles. The van der Waals surface area contributed by atoms with Gasteiger partial charge in [-0.15, -0.1) is 0 Å².